The summed E-state index contributed by atoms with van der Waals surface area (Å²) in [7, 11) is 0. The molecule has 5 heavy (non-hydrogen) atoms. The minimum atomic E-state index is 0. The van der Waals surface area contributed by atoms with Gasteiger partial charge >= 0.3 is 29.6 Å². The monoisotopic (exact) mass is 81.1 g/mol. The number of hydrogen-bond donors (Lipinski definition) is 1. The zero-order valence-electron chi connectivity index (χ0n) is 3.70. The van der Waals surface area contributed by atoms with Crippen molar-refractivity contribution in [2.45, 2.75) is 6.42 Å². The van der Waals surface area contributed by atoms with Crippen molar-refractivity contribution in [3.05, 3.63) is 6.92 Å². The van der Waals surface area contributed by atoms with E-state index in [2.05, 4.69) is 6.92 Å². The molecule has 0 radical (unpaired) electrons. The summed E-state index contributed by atoms with van der Waals surface area (Å²) in [5.74, 6) is 0. The van der Waals surface area contributed by atoms with E-state index in [1.807, 2.05) is 0 Å². The molecule has 0 aromatic rings. The summed E-state index contributed by atoms with van der Waals surface area (Å²) in [6.07, 6.45) is 0.847. The van der Waals surface area contributed by atoms with Gasteiger partial charge in [-0.3, -0.25) is 0 Å². The second kappa shape index (κ2) is 8.88. The topological polar surface area (TPSA) is 26.0 Å². The van der Waals surface area contributed by atoms with Crippen LogP contribution in [0.5, 0.6) is 0 Å². The van der Waals surface area contributed by atoms with Crippen LogP contribution >= 0.6 is 0 Å². The van der Waals surface area contributed by atoms with E-state index >= 15 is 0 Å². The number of hydrogen-bond acceptors (Lipinski definition) is 1. The summed E-state index contributed by atoms with van der Waals surface area (Å²) in [6.45, 7) is 4.19. The molecule has 2 heteroatoms. The van der Waals surface area contributed by atoms with Gasteiger partial charge in [0.2, 0.25) is 0 Å². The van der Waals surface area contributed by atoms with Crippen molar-refractivity contribution in [2.24, 2.45) is 5.73 Å². The SMILES string of the molecule is [CH2-]CCN.[Na+]. The van der Waals surface area contributed by atoms with Crippen molar-refractivity contribution >= 4 is 0 Å². The van der Waals surface area contributed by atoms with E-state index in [0.717, 1.165) is 6.42 Å². The molecule has 2 N–H and O–H groups in total. The summed E-state index contributed by atoms with van der Waals surface area (Å²) in [4.78, 5) is 0. The van der Waals surface area contributed by atoms with Crippen LogP contribution in [0, 0.1) is 6.92 Å². The quantitative estimate of drug-likeness (QED) is 0.267. The van der Waals surface area contributed by atoms with Crippen molar-refractivity contribution < 1.29 is 29.6 Å². The van der Waals surface area contributed by atoms with Crippen LogP contribution in [0.4, 0.5) is 0 Å². The van der Waals surface area contributed by atoms with Gasteiger partial charge in [-0.25, -0.2) is 0 Å². The van der Waals surface area contributed by atoms with Gasteiger partial charge in [0.1, 0.15) is 0 Å². The molecule has 0 unspecified atom stereocenters. The summed E-state index contributed by atoms with van der Waals surface area (Å²) < 4.78 is 0. The summed E-state index contributed by atoms with van der Waals surface area (Å²) in [5.41, 5.74) is 4.97. The molecule has 0 spiro atoms. The molecule has 0 saturated carbocycles. The maximum atomic E-state index is 4.97. The first-order valence-electron chi connectivity index (χ1n) is 1.41. The molecule has 0 rings (SSSR count). The average molecular weight is 81.1 g/mol. The van der Waals surface area contributed by atoms with Crippen molar-refractivity contribution in [1.82, 2.24) is 0 Å². The van der Waals surface area contributed by atoms with E-state index in [4.69, 9.17) is 5.73 Å². The molecule has 0 bridgehead atoms. The Morgan fingerprint density at radius 1 is 1.60 bits per heavy atom. The molecule has 0 aromatic heterocycles. The smallest absolute Gasteiger partial charge is 0.342 e. The second-order valence-corrected chi connectivity index (χ2v) is 0.642. The zero-order valence-corrected chi connectivity index (χ0v) is 5.70. The molecule has 0 aliphatic rings. The third-order valence-corrected chi connectivity index (χ3v) is 0.204. The Kier molecular flexibility index (Phi) is 16.6. The first-order valence-corrected chi connectivity index (χ1v) is 1.41. The summed E-state index contributed by atoms with van der Waals surface area (Å²) in [5, 5.41) is 0. The van der Waals surface area contributed by atoms with Gasteiger partial charge < -0.3 is 12.7 Å². The van der Waals surface area contributed by atoms with Crippen LogP contribution in [-0.4, -0.2) is 6.54 Å². The van der Waals surface area contributed by atoms with Gasteiger partial charge in [0, 0.05) is 0 Å². The van der Waals surface area contributed by atoms with Crippen LogP contribution in [0.1, 0.15) is 6.42 Å². The predicted octanol–water partition coefficient (Wildman–Crippen LogP) is -2.83. The van der Waals surface area contributed by atoms with Gasteiger partial charge in [-0.05, 0) is 6.54 Å². The van der Waals surface area contributed by atoms with E-state index in [9.17, 15) is 0 Å². The molecule has 0 saturated heterocycles. The Labute approximate surface area is 55.2 Å². The van der Waals surface area contributed by atoms with Gasteiger partial charge in [-0.15, -0.1) is 0 Å². The first-order chi connectivity index (χ1) is 1.91. The molecule has 0 atom stereocenters. The van der Waals surface area contributed by atoms with E-state index in [1.165, 1.54) is 0 Å². The van der Waals surface area contributed by atoms with Crippen LogP contribution in [0.25, 0.3) is 0 Å². The summed E-state index contributed by atoms with van der Waals surface area (Å²) >= 11 is 0. The number of rotatable bonds is 1. The van der Waals surface area contributed by atoms with Gasteiger partial charge in [-0.2, -0.15) is 6.42 Å². The second-order valence-electron chi connectivity index (χ2n) is 0.642. The Balaban J connectivity index is 0. The Morgan fingerprint density at radius 3 is 1.80 bits per heavy atom. The number of nitrogens with two attached hydrogens (primary N) is 1. The van der Waals surface area contributed by atoms with E-state index in [1.54, 1.807) is 0 Å². The van der Waals surface area contributed by atoms with Crippen molar-refractivity contribution in [2.75, 3.05) is 6.54 Å². The molecule has 1 nitrogen and oxygen atoms in total. The van der Waals surface area contributed by atoms with Crippen LogP contribution in [-0.2, 0) is 0 Å². The molecule has 0 fully saturated rings. The molecular formula is C3H8NNa. The normalized spacial score (nSPS) is 6.00. The Bertz CT molecular complexity index is 8.85. The van der Waals surface area contributed by atoms with Crippen LogP contribution in [0.15, 0.2) is 0 Å². The van der Waals surface area contributed by atoms with Crippen molar-refractivity contribution in [3.63, 3.8) is 0 Å². The fourth-order valence-corrected chi connectivity index (χ4v) is 0. The van der Waals surface area contributed by atoms with Gasteiger partial charge in [-0.1, -0.05) is 0 Å². The van der Waals surface area contributed by atoms with Crippen LogP contribution < -0.4 is 35.3 Å². The standard InChI is InChI=1S/C3H8N.Na/c1-2-3-4;/h1-4H2;/q-1;+1. The van der Waals surface area contributed by atoms with Gasteiger partial charge in [0.25, 0.3) is 0 Å². The average Bonchev–Trinajstić information content (AvgIpc) is 1.37. The minimum absolute atomic E-state index is 0. The molecule has 0 amide bonds. The maximum absolute atomic E-state index is 4.97. The molecule has 0 aliphatic heterocycles. The van der Waals surface area contributed by atoms with E-state index < -0.39 is 0 Å². The first kappa shape index (κ1) is 9.35. The largest absolute Gasteiger partial charge is 1.00 e. The van der Waals surface area contributed by atoms with Gasteiger partial charge in [0.05, 0.1) is 0 Å². The zero-order chi connectivity index (χ0) is 3.41. The third-order valence-electron chi connectivity index (χ3n) is 0.204. The van der Waals surface area contributed by atoms with E-state index in [0.29, 0.717) is 6.54 Å². The Hall–Kier alpha value is 0.960. The Morgan fingerprint density at radius 2 is 1.80 bits per heavy atom. The maximum Gasteiger partial charge on any atom is 1.00 e. The minimum Gasteiger partial charge on any atom is -0.342 e. The van der Waals surface area contributed by atoms with Crippen LogP contribution in [0.2, 0.25) is 0 Å². The molecular weight excluding hydrogens is 73.0 g/mol. The van der Waals surface area contributed by atoms with Gasteiger partial charge in [0.15, 0.2) is 0 Å². The van der Waals surface area contributed by atoms with E-state index in [-0.39, 0.29) is 29.6 Å². The fourth-order valence-electron chi connectivity index (χ4n) is 0. The molecule has 26 valence electrons. The summed E-state index contributed by atoms with van der Waals surface area (Å²) in [6, 6.07) is 0. The fraction of sp³-hybridized carbons (Fsp3) is 0.667. The molecule has 0 aliphatic carbocycles. The van der Waals surface area contributed by atoms with Crippen LogP contribution in [0.3, 0.4) is 0 Å². The third kappa shape index (κ3) is 11.3. The van der Waals surface area contributed by atoms with Crippen molar-refractivity contribution in [1.29, 1.82) is 0 Å². The molecule has 0 aromatic carbocycles. The molecule has 0 heterocycles. The van der Waals surface area contributed by atoms with Crippen molar-refractivity contribution in [3.8, 4) is 0 Å². The predicted molar refractivity (Wildman–Crippen MR) is 19.0 cm³/mol.